The summed E-state index contributed by atoms with van der Waals surface area (Å²) < 4.78 is 17.1. The summed E-state index contributed by atoms with van der Waals surface area (Å²) in [6.45, 7) is 5.53. The Balaban J connectivity index is 1.35. The van der Waals surface area contributed by atoms with Gasteiger partial charge in [0.1, 0.15) is 11.2 Å². The lowest BCUT2D eigenvalue weighted by molar-refractivity contribution is -0.123. The van der Waals surface area contributed by atoms with Gasteiger partial charge in [-0.15, -0.1) is 0 Å². The Labute approximate surface area is 167 Å². The van der Waals surface area contributed by atoms with E-state index in [4.69, 9.17) is 13.9 Å². The van der Waals surface area contributed by atoms with Crippen molar-refractivity contribution in [3.63, 3.8) is 0 Å². The zero-order valence-electron chi connectivity index (χ0n) is 16.5. The fourth-order valence-electron chi connectivity index (χ4n) is 3.45. The van der Waals surface area contributed by atoms with Gasteiger partial charge in [-0.25, -0.2) is 0 Å². The summed E-state index contributed by atoms with van der Waals surface area (Å²) in [5, 5.41) is 0.855. The molecule has 2 aromatic carbocycles. The molecule has 0 unspecified atom stereocenters. The van der Waals surface area contributed by atoms with E-state index in [0.29, 0.717) is 22.6 Å². The Bertz CT molecular complexity index is 1100. The maximum atomic E-state index is 12.4. The van der Waals surface area contributed by atoms with E-state index < -0.39 is 11.8 Å². The number of furan rings is 1. The van der Waals surface area contributed by atoms with Crippen molar-refractivity contribution < 1.29 is 23.5 Å². The summed E-state index contributed by atoms with van der Waals surface area (Å²) in [5.41, 5.74) is 6.77. The van der Waals surface area contributed by atoms with Crippen LogP contribution in [0.3, 0.4) is 0 Å². The van der Waals surface area contributed by atoms with E-state index in [1.165, 1.54) is 0 Å². The van der Waals surface area contributed by atoms with E-state index in [1.54, 1.807) is 19.1 Å². The molecule has 0 saturated carbocycles. The third kappa shape index (κ3) is 3.76. The van der Waals surface area contributed by atoms with Crippen LogP contribution in [0.4, 0.5) is 0 Å². The van der Waals surface area contributed by atoms with Gasteiger partial charge in [0, 0.05) is 22.9 Å². The van der Waals surface area contributed by atoms with Crippen molar-refractivity contribution in [1.82, 2.24) is 10.9 Å². The standard InChI is InChI=1S/C22H22N2O5/c1-13-15-8-4-5-9-16(15)28-19(13)21(26)24-23-18(25)12-27-17-10-6-7-14-11-22(2,3)29-20(14)17/h4-10H,11-12H2,1-3H3,(H,23,25)(H,24,26). The van der Waals surface area contributed by atoms with E-state index in [-0.39, 0.29) is 18.0 Å². The van der Waals surface area contributed by atoms with Crippen LogP contribution in [0.2, 0.25) is 0 Å². The first kappa shape index (κ1) is 18.9. The normalized spacial score (nSPS) is 14.2. The van der Waals surface area contributed by atoms with E-state index in [9.17, 15) is 9.59 Å². The van der Waals surface area contributed by atoms with Gasteiger partial charge in [-0.2, -0.15) is 0 Å². The van der Waals surface area contributed by atoms with E-state index in [2.05, 4.69) is 10.9 Å². The second kappa shape index (κ2) is 7.16. The molecule has 3 aromatic rings. The highest BCUT2D eigenvalue weighted by atomic mass is 16.5. The van der Waals surface area contributed by atoms with Crippen LogP contribution in [-0.2, 0) is 11.2 Å². The van der Waals surface area contributed by atoms with Crippen LogP contribution < -0.4 is 20.3 Å². The smallest absolute Gasteiger partial charge is 0.305 e. The summed E-state index contributed by atoms with van der Waals surface area (Å²) >= 11 is 0. The minimum Gasteiger partial charge on any atom is -0.483 e. The van der Waals surface area contributed by atoms with Crippen molar-refractivity contribution in [3.05, 3.63) is 59.4 Å². The van der Waals surface area contributed by atoms with Gasteiger partial charge in [-0.1, -0.05) is 30.3 Å². The molecule has 4 rings (SSSR count). The van der Waals surface area contributed by atoms with Gasteiger partial charge in [-0.3, -0.25) is 20.4 Å². The molecule has 1 aromatic heterocycles. The predicted octanol–water partition coefficient (Wildman–Crippen LogP) is 3.29. The molecule has 1 aliphatic rings. The van der Waals surface area contributed by atoms with Crippen LogP contribution in [-0.4, -0.2) is 24.0 Å². The molecule has 0 radical (unpaired) electrons. The number of benzene rings is 2. The molecule has 0 spiro atoms. The van der Waals surface area contributed by atoms with Crippen LogP contribution in [0.25, 0.3) is 11.0 Å². The van der Waals surface area contributed by atoms with Gasteiger partial charge in [0.2, 0.25) is 0 Å². The number of carbonyl (C=O) groups excluding carboxylic acids is 2. The molecular weight excluding hydrogens is 372 g/mol. The molecule has 0 atom stereocenters. The van der Waals surface area contributed by atoms with Crippen molar-refractivity contribution in [1.29, 1.82) is 0 Å². The summed E-state index contributed by atoms with van der Waals surface area (Å²) in [6.07, 6.45) is 0.776. The number of carbonyl (C=O) groups is 2. The molecule has 2 N–H and O–H groups in total. The first-order valence-electron chi connectivity index (χ1n) is 9.35. The number of hydrazine groups is 1. The van der Waals surface area contributed by atoms with Crippen molar-refractivity contribution in [2.45, 2.75) is 32.8 Å². The number of para-hydroxylation sites is 2. The van der Waals surface area contributed by atoms with Gasteiger partial charge in [0.25, 0.3) is 5.91 Å². The van der Waals surface area contributed by atoms with E-state index in [1.807, 2.05) is 44.2 Å². The lowest BCUT2D eigenvalue weighted by Crippen LogP contribution is -2.43. The largest absolute Gasteiger partial charge is 0.483 e. The molecular formula is C22H22N2O5. The molecule has 2 amide bonds. The van der Waals surface area contributed by atoms with Crippen molar-refractivity contribution in [3.8, 4) is 11.5 Å². The number of aryl methyl sites for hydroxylation is 1. The van der Waals surface area contributed by atoms with Crippen molar-refractivity contribution >= 4 is 22.8 Å². The number of ether oxygens (including phenoxy) is 2. The number of hydrogen-bond acceptors (Lipinski definition) is 5. The number of nitrogens with one attached hydrogen (secondary N) is 2. The topological polar surface area (TPSA) is 89.8 Å². The number of rotatable bonds is 4. The molecule has 0 aliphatic carbocycles. The van der Waals surface area contributed by atoms with Gasteiger partial charge < -0.3 is 13.9 Å². The maximum Gasteiger partial charge on any atom is 0.305 e. The zero-order chi connectivity index (χ0) is 20.6. The van der Waals surface area contributed by atoms with Gasteiger partial charge in [0.15, 0.2) is 23.9 Å². The van der Waals surface area contributed by atoms with Crippen LogP contribution >= 0.6 is 0 Å². The number of hydrogen-bond donors (Lipinski definition) is 2. The first-order chi connectivity index (χ1) is 13.8. The van der Waals surface area contributed by atoms with Crippen molar-refractivity contribution in [2.75, 3.05) is 6.61 Å². The molecule has 29 heavy (non-hydrogen) atoms. The monoisotopic (exact) mass is 394 g/mol. The van der Waals surface area contributed by atoms with Gasteiger partial charge in [-0.05, 0) is 32.9 Å². The number of fused-ring (bicyclic) bond motifs is 2. The molecule has 0 saturated heterocycles. The summed E-state index contributed by atoms with van der Waals surface area (Å²) in [7, 11) is 0. The average Bonchev–Trinajstić information content (AvgIpc) is 3.20. The molecule has 2 heterocycles. The lowest BCUT2D eigenvalue weighted by atomic mass is 10.0. The molecule has 0 fully saturated rings. The van der Waals surface area contributed by atoms with Gasteiger partial charge in [0.05, 0.1) is 0 Å². The summed E-state index contributed by atoms with van der Waals surface area (Å²) in [4.78, 5) is 24.5. The van der Waals surface area contributed by atoms with Crippen LogP contribution in [0.1, 0.15) is 35.5 Å². The Hall–Kier alpha value is -3.48. The minimum absolute atomic E-state index is 0.156. The molecule has 0 bridgehead atoms. The van der Waals surface area contributed by atoms with Crippen LogP contribution in [0.5, 0.6) is 11.5 Å². The predicted molar refractivity (Wildman–Crippen MR) is 107 cm³/mol. The fourth-order valence-corrected chi connectivity index (χ4v) is 3.45. The first-order valence-corrected chi connectivity index (χ1v) is 9.35. The molecule has 7 nitrogen and oxygen atoms in total. The Morgan fingerprint density at radius 3 is 2.69 bits per heavy atom. The highest BCUT2D eigenvalue weighted by molar-refractivity contribution is 5.99. The van der Waals surface area contributed by atoms with E-state index >= 15 is 0 Å². The highest BCUT2D eigenvalue weighted by Gasteiger charge is 2.32. The zero-order valence-corrected chi connectivity index (χ0v) is 16.5. The average molecular weight is 394 g/mol. The molecule has 150 valence electrons. The van der Waals surface area contributed by atoms with Crippen molar-refractivity contribution in [2.24, 2.45) is 0 Å². The summed E-state index contributed by atoms with van der Waals surface area (Å²) in [5.74, 6) is 0.290. The summed E-state index contributed by atoms with van der Waals surface area (Å²) in [6, 6.07) is 13.0. The second-order valence-corrected chi connectivity index (χ2v) is 7.63. The molecule has 7 heteroatoms. The van der Waals surface area contributed by atoms with Crippen LogP contribution in [0, 0.1) is 6.92 Å². The number of amides is 2. The lowest BCUT2D eigenvalue weighted by Gasteiger charge is -2.18. The van der Waals surface area contributed by atoms with Gasteiger partial charge >= 0.3 is 5.91 Å². The quantitative estimate of drug-likeness (QED) is 0.663. The Kier molecular flexibility index (Phi) is 4.66. The minimum atomic E-state index is -0.530. The second-order valence-electron chi connectivity index (χ2n) is 7.63. The highest BCUT2D eigenvalue weighted by Crippen LogP contribution is 2.41. The fraction of sp³-hybridized carbons (Fsp3) is 0.273. The maximum absolute atomic E-state index is 12.4. The van der Waals surface area contributed by atoms with Crippen LogP contribution in [0.15, 0.2) is 46.9 Å². The third-order valence-electron chi connectivity index (χ3n) is 4.78. The third-order valence-corrected chi connectivity index (χ3v) is 4.78. The SMILES string of the molecule is Cc1c(C(=O)NNC(=O)COc2cccc3c2OC(C)(C)C3)oc2ccccc12. The Morgan fingerprint density at radius 2 is 1.90 bits per heavy atom. The molecule has 1 aliphatic heterocycles. The van der Waals surface area contributed by atoms with E-state index in [0.717, 1.165) is 17.4 Å². The Morgan fingerprint density at radius 1 is 1.10 bits per heavy atom.